The number of halogens is 2. The summed E-state index contributed by atoms with van der Waals surface area (Å²) in [6.07, 6.45) is 5.77. The van der Waals surface area contributed by atoms with Gasteiger partial charge < -0.3 is 10.6 Å². The molecule has 0 spiro atoms. The number of rotatable bonds is 6. The first-order valence-electron chi connectivity index (χ1n) is 7.60. The molecule has 0 saturated carbocycles. The highest BCUT2D eigenvalue weighted by atomic mass is 35.5. The van der Waals surface area contributed by atoms with Crippen LogP contribution in [0.5, 0.6) is 0 Å². The van der Waals surface area contributed by atoms with Gasteiger partial charge in [-0.3, -0.25) is 4.79 Å². The van der Waals surface area contributed by atoms with E-state index in [1.807, 2.05) is 5.38 Å². The number of piperidine rings is 1. The minimum absolute atomic E-state index is 0. The van der Waals surface area contributed by atoms with Crippen LogP contribution < -0.4 is 10.6 Å². The average molecular weight is 368 g/mol. The summed E-state index contributed by atoms with van der Waals surface area (Å²) in [5, 5.41) is 9.52. The number of carbonyl (C=O) groups is 1. The first-order valence-corrected chi connectivity index (χ1v) is 8.48. The van der Waals surface area contributed by atoms with E-state index in [1.165, 1.54) is 12.8 Å². The number of nitrogens with one attached hydrogen (secondary N) is 2. The number of hydrogen-bond acceptors (Lipinski definition) is 4. The molecule has 1 aromatic rings. The minimum Gasteiger partial charge on any atom is -0.347 e. The van der Waals surface area contributed by atoms with Crippen LogP contribution in [0.3, 0.4) is 0 Å². The van der Waals surface area contributed by atoms with Crippen LogP contribution >= 0.6 is 36.2 Å². The average Bonchev–Trinajstić information content (AvgIpc) is 2.99. The zero-order valence-corrected chi connectivity index (χ0v) is 15.7. The highest BCUT2D eigenvalue weighted by Crippen LogP contribution is 2.24. The summed E-state index contributed by atoms with van der Waals surface area (Å²) in [4.78, 5) is 16.5. The molecule has 22 heavy (non-hydrogen) atoms. The van der Waals surface area contributed by atoms with Crippen molar-refractivity contribution in [2.75, 3.05) is 13.1 Å². The molecule has 7 heteroatoms. The molecule has 0 bridgehead atoms. The van der Waals surface area contributed by atoms with Gasteiger partial charge in [-0.1, -0.05) is 13.8 Å². The van der Waals surface area contributed by atoms with Gasteiger partial charge in [0.1, 0.15) is 5.01 Å². The molecule has 0 aromatic carbocycles. The van der Waals surface area contributed by atoms with Gasteiger partial charge in [0.05, 0.1) is 6.04 Å². The van der Waals surface area contributed by atoms with E-state index in [4.69, 9.17) is 0 Å². The van der Waals surface area contributed by atoms with Crippen molar-refractivity contribution in [1.29, 1.82) is 0 Å². The highest BCUT2D eigenvalue weighted by molar-refractivity contribution is 7.09. The molecule has 1 aliphatic heterocycles. The van der Waals surface area contributed by atoms with E-state index in [2.05, 4.69) is 29.5 Å². The van der Waals surface area contributed by atoms with E-state index in [0.29, 0.717) is 18.3 Å². The van der Waals surface area contributed by atoms with Gasteiger partial charge in [0, 0.05) is 18.0 Å². The fourth-order valence-corrected chi connectivity index (χ4v) is 3.59. The lowest BCUT2D eigenvalue weighted by molar-refractivity contribution is -0.123. The Morgan fingerprint density at radius 2 is 2.32 bits per heavy atom. The molecule has 2 heterocycles. The van der Waals surface area contributed by atoms with Crippen molar-refractivity contribution in [2.45, 2.75) is 45.6 Å². The number of carbonyl (C=O) groups excluding carboxylic acids is 1. The van der Waals surface area contributed by atoms with E-state index < -0.39 is 0 Å². The molecule has 0 aliphatic carbocycles. The monoisotopic (exact) mass is 367 g/mol. The molecule has 1 aliphatic rings. The van der Waals surface area contributed by atoms with Crippen LogP contribution in [-0.2, 0) is 4.79 Å². The Labute approximate surface area is 149 Å². The predicted molar refractivity (Wildman–Crippen MR) is 97.2 cm³/mol. The van der Waals surface area contributed by atoms with E-state index >= 15 is 0 Å². The van der Waals surface area contributed by atoms with Crippen molar-refractivity contribution in [3.05, 3.63) is 16.6 Å². The normalized spacial score (nSPS) is 20.2. The Balaban J connectivity index is 0.00000220. The highest BCUT2D eigenvalue weighted by Gasteiger charge is 2.23. The van der Waals surface area contributed by atoms with Crippen LogP contribution in [0.2, 0.25) is 0 Å². The molecule has 1 amide bonds. The van der Waals surface area contributed by atoms with Crippen LogP contribution in [0.1, 0.15) is 50.6 Å². The summed E-state index contributed by atoms with van der Waals surface area (Å²) < 4.78 is 0. The SMILES string of the molecule is CCC(NC(=O)CC(C)C1CCCNC1)c1nccs1.Cl.Cl. The molecule has 2 N–H and O–H groups in total. The third-order valence-corrected chi connectivity index (χ3v) is 5.03. The van der Waals surface area contributed by atoms with Crippen LogP contribution in [0.4, 0.5) is 0 Å². The topological polar surface area (TPSA) is 54.0 Å². The Hall–Kier alpha value is -0.360. The molecule has 4 nitrogen and oxygen atoms in total. The van der Waals surface area contributed by atoms with Crippen LogP contribution in [0.25, 0.3) is 0 Å². The van der Waals surface area contributed by atoms with Gasteiger partial charge in [0.15, 0.2) is 0 Å². The number of nitrogens with zero attached hydrogens (tertiary/aromatic N) is 1. The molecule has 3 atom stereocenters. The maximum atomic E-state index is 12.2. The maximum Gasteiger partial charge on any atom is 0.220 e. The van der Waals surface area contributed by atoms with Gasteiger partial charge in [-0.15, -0.1) is 36.2 Å². The summed E-state index contributed by atoms with van der Waals surface area (Å²) in [6, 6.07) is 0.0687. The Morgan fingerprint density at radius 1 is 1.55 bits per heavy atom. The van der Waals surface area contributed by atoms with Crippen molar-refractivity contribution in [3.8, 4) is 0 Å². The largest absolute Gasteiger partial charge is 0.347 e. The number of amides is 1. The fraction of sp³-hybridized carbons (Fsp3) is 0.733. The zero-order valence-electron chi connectivity index (χ0n) is 13.2. The Morgan fingerprint density at radius 3 is 2.86 bits per heavy atom. The summed E-state index contributed by atoms with van der Waals surface area (Å²) >= 11 is 1.61. The summed E-state index contributed by atoms with van der Waals surface area (Å²) in [6.45, 7) is 6.46. The van der Waals surface area contributed by atoms with E-state index in [0.717, 1.165) is 24.5 Å². The molecular weight excluding hydrogens is 341 g/mol. The van der Waals surface area contributed by atoms with Crippen LogP contribution in [-0.4, -0.2) is 24.0 Å². The van der Waals surface area contributed by atoms with Gasteiger partial charge in [-0.2, -0.15) is 0 Å². The van der Waals surface area contributed by atoms with Crippen molar-refractivity contribution in [1.82, 2.24) is 15.6 Å². The fourth-order valence-electron chi connectivity index (χ4n) is 2.82. The second-order valence-corrected chi connectivity index (χ2v) is 6.61. The van der Waals surface area contributed by atoms with E-state index in [9.17, 15) is 4.79 Å². The summed E-state index contributed by atoms with van der Waals surface area (Å²) in [5.41, 5.74) is 0. The standard InChI is InChI=1S/C15H25N3OS.2ClH/c1-3-13(15-17-7-8-20-15)18-14(19)9-11(2)12-5-4-6-16-10-12;;/h7-8,11-13,16H,3-6,9-10H2,1-2H3,(H,18,19);2*1H. The van der Waals surface area contributed by atoms with Crippen molar-refractivity contribution < 1.29 is 4.79 Å². The maximum absolute atomic E-state index is 12.2. The number of hydrogen-bond donors (Lipinski definition) is 2. The van der Waals surface area contributed by atoms with Crippen LogP contribution in [0, 0.1) is 11.8 Å². The number of aromatic nitrogens is 1. The minimum atomic E-state index is 0. The molecule has 1 aromatic heterocycles. The van der Waals surface area contributed by atoms with Gasteiger partial charge in [0.2, 0.25) is 5.91 Å². The third-order valence-electron chi connectivity index (χ3n) is 4.14. The molecule has 1 fully saturated rings. The van der Waals surface area contributed by atoms with Gasteiger partial charge in [-0.05, 0) is 44.2 Å². The molecule has 2 rings (SSSR count). The van der Waals surface area contributed by atoms with Crippen LogP contribution in [0.15, 0.2) is 11.6 Å². The molecular formula is C15H27Cl2N3OS. The molecule has 1 saturated heterocycles. The van der Waals surface area contributed by atoms with Crippen molar-refractivity contribution in [3.63, 3.8) is 0 Å². The quantitative estimate of drug-likeness (QED) is 0.807. The lowest BCUT2D eigenvalue weighted by atomic mass is 9.85. The Kier molecular flexibility index (Phi) is 11.0. The smallest absolute Gasteiger partial charge is 0.220 e. The second kappa shape index (κ2) is 11.2. The first-order chi connectivity index (χ1) is 9.70. The van der Waals surface area contributed by atoms with E-state index in [-0.39, 0.29) is 36.8 Å². The first kappa shape index (κ1) is 21.6. The van der Waals surface area contributed by atoms with Gasteiger partial charge in [-0.25, -0.2) is 4.98 Å². The lowest BCUT2D eigenvalue weighted by Crippen LogP contribution is -2.36. The second-order valence-electron chi connectivity index (χ2n) is 5.69. The third kappa shape index (κ3) is 6.41. The van der Waals surface area contributed by atoms with Gasteiger partial charge >= 0.3 is 0 Å². The Bertz CT molecular complexity index is 411. The lowest BCUT2D eigenvalue weighted by Gasteiger charge is -2.28. The predicted octanol–water partition coefficient (Wildman–Crippen LogP) is 3.58. The van der Waals surface area contributed by atoms with Gasteiger partial charge in [0.25, 0.3) is 0 Å². The summed E-state index contributed by atoms with van der Waals surface area (Å²) in [7, 11) is 0. The number of thiazole rings is 1. The molecule has 128 valence electrons. The zero-order chi connectivity index (χ0) is 14.4. The summed E-state index contributed by atoms with van der Waals surface area (Å²) in [5.74, 6) is 1.23. The molecule has 0 radical (unpaired) electrons. The molecule has 3 unspecified atom stereocenters. The van der Waals surface area contributed by atoms with Crippen molar-refractivity contribution >= 4 is 42.1 Å². The van der Waals surface area contributed by atoms with Crippen molar-refractivity contribution in [2.24, 2.45) is 11.8 Å². The van der Waals surface area contributed by atoms with E-state index in [1.54, 1.807) is 17.5 Å².